The van der Waals surface area contributed by atoms with Crippen LogP contribution in [0.5, 0.6) is 0 Å². The predicted octanol–water partition coefficient (Wildman–Crippen LogP) is 3.63. The van der Waals surface area contributed by atoms with Crippen LogP contribution < -0.4 is 5.32 Å². The molecule has 0 aliphatic rings. The molecule has 0 aromatic heterocycles. The van der Waals surface area contributed by atoms with E-state index in [0.29, 0.717) is 24.1 Å². The summed E-state index contributed by atoms with van der Waals surface area (Å²) in [7, 11) is 0. The van der Waals surface area contributed by atoms with Crippen molar-refractivity contribution >= 4 is 11.6 Å². The zero-order valence-electron chi connectivity index (χ0n) is 11.0. The Kier molecular flexibility index (Phi) is 7.25. The molecule has 0 spiro atoms. The number of hydrogen-bond donors (Lipinski definition) is 1. The van der Waals surface area contributed by atoms with Crippen molar-refractivity contribution < 1.29 is 9.13 Å². The highest BCUT2D eigenvalue weighted by Crippen LogP contribution is 2.16. The van der Waals surface area contributed by atoms with Crippen molar-refractivity contribution in [1.29, 1.82) is 0 Å². The van der Waals surface area contributed by atoms with Gasteiger partial charge >= 0.3 is 0 Å². The van der Waals surface area contributed by atoms with Gasteiger partial charge in [-0.2, -0.15) is 0 Å². The molecular weight excluding hydrogens is 253 g/mol. The number of hydrogen-bond acceptors (Lipinski definition) is 2. The van der Waals surface area contributed by atoms with Gasteiger partial charge in [0, 0.05) is 24.7 Å². The molecule has 1 aromatic rings. The summed E-state index contributed by atoms with van der Waals surface area (Å²) in [5.74, 6) is 0.411. The summed E-state index contributed by atoms with van der Waals surface area (Å²) in [4.78, 5) is 0. The minimum Gasteiger partial charge on any atom is -0.380 e. The fourth-order valence-corrected chi connectivity index (χ4v) is 1.65. The Morgan fingerprint density at radius 2 is 2.11 bits per heavy atom. The molecular formula is C14H21ClFNO. The normalized spacial score (nSPS) is 11.2. The Labute approximate surface area is 113 Å². The summed E-state index contributed by atoms with van der Waals surface area (Å²) in [6, 6.07) is 4.39. The van der Waals surface area contributed by atoms with Crippen molar-refractivity contribution in [2.75, 3.05) is 19.8 Å². The third kappa shape index (κ3) is 6.34. The Hall–Kier alpha value is -0.640. The Balaban J connectivity index is 2.12. The summed E-state index contributed by atoms with van der Waals surface area (Å²) >= 11 is 5.96. The minimum atomic E-state index is -0.260. The minimum absolute atomic E-state index is 0.260. The first-order chi connectivity index (χ1) is 8.59. The van der Waals surface area contributed by atoms with E-state index in [9.17, 15) is 4.39 Å². The molecule has 0 saturated carbocycles. The second kappa shape index (κ2) is 8.46. The molecule has 1 N–H and O–H groups in total. The average molecular weight is 274 g/mol. The number of rotatable bonds is 8. The quantitative estimate of drug-likeness (QED) is 0.731. The predicted molar refractivity (Wildman–Crippen MR) is 73.4 cm³/mol. The molecule has 0 radical (unpaired) electrons. The maximum absolute atomic E-state index is 13.0. The molecule has 18 heavy (non-hydrogen) atoms. The lowest BCUT2D eigenvalue weighted by molar-refractivity contribution is 0.125. The topological polar surface area (TPSA) is 21.3 Å². The summed E-state index contributed by atoms with van der Waals surface area (Å²) in [6.45, 7) is 7.11. The maximum Gasteiger partial charge on any atom is 0.123 e. The van der Waals surface area contributed by atoms with Crippen LogP contribution in [0, 0.1) is 11.7 Å². The van der Waals surface area contributed by atoms with Gasteiger partial charge in [-0.05, 0) is 36.1 Å². The second-order valence-electron chi connectivity index (χ2n) is 4.71. The third-order valence-electron chi connectivity index (χ3n) is 2.59. The highest BCUT2D eigenvalue weighted by atomic mass is 35.5. The van der Waals surface area contributed by atoms with E-state index in [1.165, 1.54) is 12.1 Å². The largest absolute Gasteiger partial charge is 0.380 e. The smallest absolute Gasteiger partial charge is 0.123 e. The highest BCUT2D eigenvalue weighted by molar-refractivity contribution is 6.31. The number of halogens is 2. The SMILES string of the molecule is CC(C)CCOCCNCc1cc(F)ccc1Cl. The fourth-order valence-electron chi connectivity index (χ4n) is 1.47. The van der Waals surface area contributed by atoms with Crippen molar-refractivity contribution in [3.05, 3.63) is 34.6 Å². The molecule has 1 rings (SSSR count). The average Bonchev–Trinajstić information content (AvgIpc) is 2.32. The van der Waals surface area contributed by atoms with E-state index in [4.69, 9.17) is 16.3 Å². The first kappa shape index (κ1) is 15.4. The van der Waals surface area contributed by atoms with Gasteiger partial charge in [-0.25, -0.2) is 4.39 Å². The standard InChI is InChI=1S/C14H21ClFNO/c1-11(2)5-7-18-8-6-17-10-12-9-13(16)3-4-14(12)15/h3-4,9,11,17H,5-8,10H2,1-2H3. The Bertz CT molecular complexity index is 358. The molecule has 0 heterocycles. The molecule has 0 saturated heterocycles. The summed E-state index contributed by atoms with van der Waals surface area (Å²) in [6.07, 6.45) is 1.08. The molecule has 1 aromatic carbocycles. The number of nitrogens with one attached hydrogen (secondary N) is 1. The van der Waals surface area contributed by atoms with Crippen molar-refractivity contribution in [3.63, 3.8) is 0 Å². The lowest BCUT2D eigenvalue weighted by Crippen LogP contribution is -2.20. The van der Waals surface area contributed by atoms with Crippen LogP contribution in [-0.2, 0) is 11.3 Å². The lowest BCUT2D eigenvalue weighted by atomic mass is 10.1. The van der Waals surface area contributed by atoms with E-state index in [2.05, 4.69) is 19.2 Å². The molecule has 0 bridgehead atoms. The van der Waals surface area contributed by atoms with Gasteiger partial charge in [0.25, 0.3) is 0 Å². The van der Waals surface area contributed by atoms with E-state index in [1.54, 1.807) is 6.07 Å². The summed E-state index contributed by atoms with van der Waals surface area (Å²) in [5.41, 5.74) is 0.777. The van der Waals surface area contributed by atoms with Gasteiger partial charge in [-0.3, -0.25) is 0 Å². The first-order valence-electron chi connectivity index (χ1n) is 6.32. The van der Waals surface area contributed by atoms with E-state index in [0.717, 1.165) is 25.1 Å². The Morgan fingerprint density at radius 3 is 2.83 bits per heavy atom. The molecule has 2 nitrogen and oxygen atoms in total. The van der Waals surface area contributed by atoms with E-state index in [1.807, 2.05) is 0 Å². The molecule has 102 valence electrons. The summed E-state index contributed by atoms with van der Waals surface area (Å²) in [5, 5.41) is 3.77. The number of benzene rings is 1. The van der Waals surface area contributed by atoms with Crippen LogP contribution in [0.3, 0.4) is 0 Å². The first-order valence-corrected chi connectivity index (χ1v) is 6.69. The lowest BCUT2D eigenvalue weighted by Gasteiger charge is -2.08. The summed E-state index contributed by atoms with van der Waals surface area (Å²) < 4.78 is 18.5. The molecule has 0 aliphatic carbocycles. The van der Waals surface area contributed by atoms with Crippen LogP contribution >= 0.6 is 11.6 Å². The van der Waals surface area contributed by atoms with Gasteiger partial charge in [-0.1, -0.05) is 25.4 Å². The molecule has 0 amide bonds. The van der Waals surface area contributed by atoms with Crippen molar-refractivity contribution in [2.45, 2.75) is 26.8 Å². The van der Waals surface area contributed by atoms with E-state index >= 15 is 0 Å². The number of ether oxygens (including phenoxy) is 1. The van der Waals surface area contributed by atoms with Crippen LogP contribution in [0.4, 0.5) is 4.39 Å². The molecule has 0 aliphatic heterocycles. The van der Waals surface area contributed by atoms with Crippen LogP contribution in [-0.4, -0.2) is 19.8 Å². The zero-order valence-corrected chi connectivity index (χ0v) is 11.8. The monoisotopic (exact) mass is 273 g/mol. The van der Waals surface area contributed by atoms with Crippen molar-refractivity contribution in [2.24, 2.45) is 5.92 Å². The van der Waals surface area contributed by atoms with Crippen molar-refractivity contribution in [1.82, 2.24) is 5.32 Å². The molecule has 0 unspecified atom stereocenters. The van der Waals surface area contributed by atoms with Crippen LogP contribution in [0.15, 0.2) is 18.2 Å². The van der Waals surface area contributed by atoms with Crippen LogP contribution in [0.25, 0.3) is 0 Å². The fraction of sp³-hybridized carbons (Fsp3) is 0.571. The van der Waals surface area contributed by atoms with Gasteiger partial charge in [-0.15, -0.1) is 0 Å². The molecule has 0 atom stereocenters. The third-order valence-corrected chi connectivity index (χ3v) is 2.95. The maximum atomic E-state index is 13.0. The van der Waals surface area contributed by atoms with Gasteiger partial charge in [0.1, 0.15) is 5.82 Å². The van der Waals surface area contributed by atoms with Gasteiger partial charge in [0.15, 0.2) is 0 Å². The highest BCUT2D eigenvalue weighted by Gasteiger charge is 2.01. The molecule has 4 heteroatoms. The second-order valence-corrected chi connectivity index (χ2v) is 5.11. The van der Waals surface area contributed by atoms with E-state index in [-0.39, 0.29) is 5.82 Å². The molecule has 0 fully saturated rings. The Morgan fingerprint density at radius 1 is 1.33 bits per heavy atom. The van der Waals surface area contributed by atoms with Crippen molar-refractivity contribution in [3.8, 4) is 0 Å². The van der Waals surface area contributed by atoms with E-state index < -0.39 is 0 Å². The van der Waals surface area contributed by atoms with Gasteiger partial charge < -0.3 is 10.1 Å². The van der Waals surface area contributed by atoms with Crippen LogP contribution in [0.2, 0.25) is 5.02 Å². The van der Waals surface area contributed by atoms with Gasteiger partial charge in [0.2, 0.25) is 0 Å². The zero-order chi connectivity index (χ0) is 13.4. The van der Waals surface area contributed by atoms with Crippen LogP contribution in [0.1, 0.15) is 25.8 Å². The van der Waals surface area contributed by atoms with Gasteiger partial charge in [0.05, 0.1) is 6.61 Å².